The fourth-order valence-electron chi connectivity index (χ4n) is 1.87. The van der Waals surface area contributed by atoms with Crippen LogP contribution in [0.1, 0.15) is 5.56 Å². The minimum Gasteiger partial charge on any atom is -0.322 e. The standard InChI is InChI=1S/C16H14N2O5S/c1-24(22,23)15-4-2-3-13(11-15)17-16(19)10-7-12-5-8-14(9-6-12)18(20)21/h2-11H,1H3,(H,17,19)/b10-7+. The van der Waals surface area contributed by atoms with E-state index in [0.29, 0.717) is 11.3 Å². The molecule has 0 saturated carbocycles. The second kappa shape index (κ2) is 7.05. The van der Waals surface area contributed by atoms with Gasteiger partial charge in [0, 0.05) is 30.2 Å². The van der Waals surface area contributed by atoms with Crippen LogP contribution < -0.4 is 5.32 Å². The maximum atomic E-state index is 11.9. The van der Waals surface area contributed by atoms with Crippen molar-refractivity contribution in [3.8, 4) is 0 Å². The van der Waals surface area contributed by atoms with Gasteiger partial charge in [-0.25, -0.2) is 8.42 Å². The summed E-state index contributed by atoms with van der Waals surface area (Å²) in [4.78, 5) is 22.0. The van der Waals surface area contributed by atoms with Gasteiger partial charge in [0.15, 0.2) is 9.84 Å². The number of nitrogens with zero attached hydrogens (tertiary/aromatic N) is 1. The first-order valence-electron chi connectivity index (χ1n) is 6.79. The van der Waals surface area contributed by atoms with Gasteiger partial charge in [-0.2, -0.15) is 0 Å². The molecule has 0 bridgehead atoms. The Morgan fingerprint density at radius 1 is 1.17 bits per heavy atom. The van der Waals surface area contributed by atoms with E-state index in [1.54, 1.807) is 6.07 Å². The average molecular weight is 346 g/mol. The number of sulfone groups is 1. The molecule has 0 atom stereocenters. The molecule has 2 rings (SSSR count). The normalized spacial score (nSPS) is 11.4. The number of nitro benzene ring substituents is 1. The van der Waals surface area contributed by atoms with Crippen LogP contribution in [0.25, 0.3) is 6.08 Å². The van der Waals surface area contributed by atoms with Gasteiger partial charge in [-0.3, -0.25) is 14.9 Å². The van der Waals surface area contributed by atoms with E-state index in [9.17, 15) is 23.3 Å². The van der Waals surface area contributed by atoms with Crippen LogP contribution in [-0.2, 0) is 14.6 Å². The fraction of sp³-hybridized carbons (Fsp3) is 0.0625. The number of hydrogen-bond donors (Lipinski definition) is 1. The quantitative estimate of drug-likeness (QED) is 0.509. The molecule has 0 aliphatic heterocycles. The zero-order valence-corrected chi connectivity index (χ0v) is 13.5. The number of non-ortho nitro benzene ring substituents is 1. The average Bonchev–Trinajstić information content (AvgIpc) is 2.53. The third kappa shape index (κ3) is 4.75. The van der Waals surface area contributed by atoms with Crippen molar-refractivity contribution in [1.29, 1.82) is 0 Å². The Morgan fingerprint density at radius 3 is 2.42 bits per heavy atom. The molecular formula is C16H14N2O5S. The van der Waals surface area contributed by atoms with Gasteiger partial charge in [0.2, 0.25) is 5.91 Å². The number of benzene rings is 2. The maximum absolute atomic E-state index is 11.9. The van der Waals surface area contributed by atoms with Crippen molar-refractivity contribution >= 4 is 33.2 Å². The Bertz CT molecular complexity index is 902. The van der Waals surface area contributed by atoms with E-state index in [1.165, 1.54) is 54.6 Å². The van der Waals surface area contributed by atoms with Gasteiger partial charge in [-0.05, 0) is 42.0 Å². The third-order valence-electron chi connectivity index (χ3n) is 3.06. The molecule has 2 aromatic carbocycles. The molecule has 0 saturated heterocycles. The monoisotopic (exact) mass is 346 g/mol. The van der Waals surface area contributed by atoms with E-state index in [4.69, 9.17) is 0 Å². The summed E-state index contributed by atoms with van der Waals surface area (Å²) in [5.74, 6) is -0.445. The van der Waals surface area contributed by atoms with Crippen LogP contribution in [0.15, 0.2) is 59.5 Å². The van der Waals surface area contributed by atoms with Crippen LogP contribution in [0.2, 0.25) is 0 Å². The van der Waals surface area contributed by atoms with Crippen molar-refractivity contribution in [2.75, 3.05) is 11.6 Å². The number of hydrogen-bond acceptors (Lipinski definition) is 5. The molecule has 124 valence electrons. The largest absolute Gasteiger partial charge is 0.322 e. The van der Waals surface area contributed by atoms with Crippen molar-refractivity contribution in [1.82, 2.24) is 0 Å². The number of carbonyl (C=O) groups excluding carboxylic acids is 1. The zero-order valence-electron chi connectivity index (χ0n) is 12.7. The molecule has 0 radical (unpaired) electrons. The Labute approximate surface area is 138 Å². The molecule has 0 aliphatic carbocycles. The number of carbonyl (C=O) groups is 1. The maximum Gasteiger partial charge on any atom is 0.269 e. The summed E-state index contributed by atoms with van der Waals surface area (Å²) >= 11 is 0. The first-order chi connectivity index (χ1) is 11.3. The highest BCUT2D eigenvalue weighted by Crippen LogP contribution is 2.16. The number of anilines is 1. The fourth-order valence-corrected chi connectivity index (χ4v) is 2.53. The highest BCUT2D eigenvalue weighted by atomic mass is 32.2. The Morgan fingerprint density at radius 2 is 1.83 bits per heavy atom. The second-order valence-electron chi connectivity index (χ2n) is 4.97. The smallest absolute Gasteiger partial charge is 0.269 e. The van der Waals surface area contributed by atoms with Crippen molar-refractivity contribution in [2.24, 2.45) is 0 Å². The Kier molecular flexibility index (Phi) is 5.10. The number of amides is 1. The number of rotatable bonds is 5. The number of nitrogens with one attached hydrogen (secondary N) is 1. The van der Waals surface area contributed by atoms with E-state index in [1.807, 2.05) is 0 Å². The van der Waals surface area contributed by atoms with Gasteiger partial charge >= 0.3 is 0 Å². The summed E-state index contributed by atoms with van der Waals surface area (Å²) in [5, 5.41) is 13.1. The van der Waals surface area contributed by atoms with Gasteiger partial charge in [0.1, 0.15) is 0 Å². The predicted octanol–water partition coefficient (Wildman–Crippen LogP) is 2.65. The van der Waals surface area contributed by atoms with E-state index in [-0.39, 0.29) is 10.6 Å². The minimum atomic E-state index is -3.35. The highest BCUT2D eigenvalue weighted by molar-refractivity contribution is 7.90. The van der Waals surface area contributed by atoms with E-state index >= 15 is 0 Å². The van der Waals surface area contributed by atoms with Gasteiger partial charge in [0.05, 0.1) is 9.82 Å². The van der Waals surface area contributed by atoms with Crippen LogP contribution in [0.3, 0.4) is 0 Å². The lowest BCUT2D eigenvalue weighted by molar-refractivity contribution is -0.384. The topological polar surface area (TPSA) is 106 Å². The zero-order chi connectivity index (χ0) is 17.7. The summed E-state index contributed by atoms with van der Waals surface area (Å²) in [6.45, 7) is 0. The molecule has 0 heterocycles. The van der Waals surface area contributed by atoms with Crippen LogP contribution in [0, 0.1) is 10.1 Å². The lowest BCUT2D eigenvalue weighted by Crippen LogP contribution is -2.08. The summed E-state index contributed by atoms with van der Waals surface area (Å²) in [6.07, 6.45) is 3.84. The Hall–Kier alpha value is -3.00. The van der Waals surface area contributed by atoms with Crippen LogP contribution in [-0.4, -0.2) is 25.5 Å². The van der Waals surface area contributed by atoms with Gasteiger partial charge in [0.25, 0.3) is 5.69 Å². The lowest BCUT2D eigenvalue weighted by Gasteiger charge is -2.04. The molecule has 1 N–H and O–H groups in total. The van der Waals surface area contributed by atoms with Gasteiger partial charge in [-0.1, -0.05) is 6.07 Å². The molecule has 24 heavy (non-hydrogen) atoms. The SMILES string of the molecule is CS(=O)(=O)c1cccc(NC(=O)/C=C/c2ccc([N+](=O)[O-])cc2)c1. The Balaban J connectivity index is 2.06. The first-order valence-corrected chi connectivity index (χ1v) is 8.68. The van der Waals surface area contributed by atoms with Crippen LogP contribution in [0.4, 0.5) is 11.4 Å². The van der Waals surface area contributed by atoms with Crippen LogP contribution in [0.5, 0.6) is 0 Å². The molecule has 7 nitrogen and oxygen atoms in total. The molecule has 0 aromatic heterocycles. The summed E-state index contributed by atoms with van der Waals surface area (Å²) in [7, 11) is -3.35. The van der Waals surface area contributed by atoms with E-state index < -0.39 is 20.7 Å². The molecule has 8 heteroatoms. The first kappa shape index (κ1) is 17.4. The molecule has 0 fully saturated rings. The van der Waals surface area contributed by atoms with Crippen LogP contribution >= 0.6 is 0 Å². The predicted molar refractivity (Wildman–Crippen MR) is 90.3 cm³/mol. The van der Waals surface area contributed by atoms with Gasteiger partial charge < -0.3 is 5.32 Å². The number of nitro groups is 1. The van der Waals surface area contributed by atoms with E-state index in [2.05, 4.69) is 5.32 Å². The summed E-state index contributed by atoms with van der Waals surface area (Å²) in [5.41, 5.74) is 0.950. The van der Waals surface area contributed by atoms with Gasteiger partial charge in [-0.15, -0.1) is 0 Å². The highest BCUT2D eigenvalue weighted by Gasteiger charge is 2.08. The lowest BCUT2D eigenvalue weighted by atomic mass is 10.2. The molecule has 0 unspecified atom stereocenters. The second-order valence-corrected chi connectivity index (χ2v) is 6.99. The minimum absolute atomic E-state index is 0.0332. The van der Waals surface area contributed by atoms with Crippen molar-refractivity contribution in [3.05, 3.63) is 70.3 Å². The molecule has 0 aliphatic rings. The molecule has 0 spiro atoms. The van der Waals surface area contributed by atoms with E-state index in [0.717, 1.165) is 6.26 Å². The molecule has 1 amide bonds. The summed E-state index contributed by atoms with van der Waals surface area (Å²) < 4.78 is 23.0. The molecule has 2 aromatic rings. The van der Waals surface area contributed by atoms with Crippen molar-refractivity contribution in [3.63, 3.8) is 0 Å². The van der Waals surface area contributed by atoms with Crippen molar-refractivity contribution in [2.45, 2.75) is 4.90 Å². The summed E-state index contributed by atoms with van der Waals surface area (Å²) in [6, 6.07) is 11.6. The van der Waals surface area contributed by atoms with Crippen molar-refractivity contribution < 1.29 is 18.1 Å². The molecular weight excluding hydrogens is 332 g/mol. The third-order valence-corrected chi connectivity index (χ3v) is 4.17.